The molecule has 1 saturated heterocycles. The Hall–Kier alpha value is -1.00. The molecule has 100 valence electrons. The molecule has 2 heterocycles. The molecule has 1 aromatic rings. The summed E-state index contributed by atoms with van der Waals surface area (Å²) in [6.45, 7) is 8.29. The molecule has 1 N–H and O–H groups in total. The first-order valence-electron chi connectivity index (χ1n) is 6.73. The number of pyridine rings is 1. The molecule has 1 aliphatic rings. The highest BCUT2D eigenvalue weighted by atomic mass is 19.1. The Morgan fingerprint density at radius 1 is 1.39 bits per heavy atom. The maximum atomic E-state index is 13.9. The Balaban J connectivity index is 2.21. The smallest absolute Gasteiger partial charge is 0.217 e. The highest BCUT2D eigenvalue weighted by Crippen LogP contribution is 2.29. The van der Waals surface area contributed by atoms with Crippen LogP contribution in [-0.2, 0) is 0 Å². The molecule has 0 radical (unpaired) electrons. The van der Waals surface area contributed by atoms with Gasteiger partial charge in [0.05, 0.1) is 0 Å². The van der Waals surface area contributed by atoms with Crippen molar-refractivity contribution in [2.24, 2.45) is 5.92 Å². The van der Waals surface area contributed by atoms with Gasteiger partial charge in [0.15, 0.2) is 0 Å². The number of aromatic nitrogens is 1. The van der Waals surface area contributed by atoms with Crippen molar-refractivity contribution < 1.29 is 4.39 Å². The van der Waals surface area contributed by atoms with Gasteiger partial charge in [0.25, 0.3) is 0 Å². The standard InChI is InChI=1S/C14H22FN3/c1-11(2)10-13(18-8-6-16-7-9-18)12-4-3-5-17-14(12)15/h3-5,11,13,16H,6-10H2,1-2H3/t13-/m1/s1. The van der Waals surface area contributed by atoms with Crippen LogP contribution in [0, 0.1) is 11.9 Å². The minimum Gasteiger partial charge on any atom is -0.314 e. The minimum atomic E-state index is -0.318. The van der Waals surface area contributed by atoms with Gasteiger partial charge in [0.2, 0.25) is 5.95 Å². The van der Waals surface area contributed by atoms with Crippen molar-refractivity contribution in [2.75, 3.05) is 26.2 Å². The van der Waals surface area contributed by atoms with Gasteiger partial charge in [-0.05, 0) is 18.4 Å². The molecule has 0 saturated carbocycles. The average molecular weight is 251 g/mol. The van der Waals surface area contributed by atoms with Crippen molar-refractivity contribution in [3.05, 3.63) is 29.8 Å². The van der Waals surface area contributed by atoms with Crippen molar-refractivity contribution in [3.63, 3.8) is 0 Å². The first kappa shape index (κ1) is 13.4. The van der Waals surface area contributed by atoms with E-state index >= 15 is 0 Å². The van der Waals surface area contributed by atoms with Crippen molar-refractivity contribution in [1.82, 2.24) is 15.2 Å². The predicted octanol–water partition coefficient (Wildman–Crippen LogP) is 2.21. The van der Waals surface area contributed by atoms with Gasteiger partial charge in [-0.2, -0.15) is 4.39 Å². The summed E-state index contributed by atoms with van der Waals surface area (Å²) < 4.78 is 13.9. The van der Waals surface area contributed by atoms with Crippen LogP contribution in [0.5, 0.6) is 0 Å². The number of halogens is 1. The molecule has 0 spiro atoms. The van der Waals surface area contributed by atoms with E-state index in [4.69, 9.17) is 0 Å². The third-order valence-corrected chi connectivity index (χ3v) is 3.43. The van der Waals surface area contributed by atoms with Crippen LogP contribution in [0.1, 0.15) is 31.9 Å². The number of nitrogens with zero attached hydrogens (tertiary/aromatic N) is 2. The van der Waals surface area contributed by atoms with Crippen LogP contribution in [0.15, 0.2) is 18.3 Å². The molecular weight excluding hydrogens is 229 g/mol. The first-order chi connectivity index (χ1) is 8.68. The molecular formula is C14H22FN3. The van der Waals surface area contributed by atoms with Gasteiger partial charge in [-0.15, -0.1) is 0 Å². The fraction of sp³-hybridized carbons (Fsp3) is 0.643. The lowest BCUT2D eigenvalue weighted by atomic mass is 9.96. The van der Waals surface area contributed by atoms with E-state index < -0.39 is 0 Å². The molecule has 0 aromatic carbocycles. The lowest BCUT2D eigenvalue weighted by Gasteiger charge is -2.36. The first-order valence-corrected chi connectivity index (χ1v) is 6.73. The lowest BCUT2D eigenvalue weighted by molar-refractivity contribution is 0.150. The molecule has 0 amide bonds. The van der Waals surface area contributed by atoms with Gasteiger partial charge < -0.3 is 5.32 Å². The molecule has 0 aliphatic carbocycles. The van der Waals surface area contributed by atoms with Gasteiger partial charge in [-0.1, -0.05) is 19.9 Å². The maximum Gasteiger partial charge on any atom is 0.217 e. The fourth-order valence-electron chi connectivity index (χ4n) is 2.56. The summed E-state index contributed by atoms with van der Waals surface area (Å²) in [6.07, 6.45) is 2.49. The Kier molecular flexibility index (Phi) is 4.66. The maximum absolute atomic E-state index is 13.9. The molecule has 18 heavy (non-hydrogen) atoms. The van der Waals surface area contributed by atoms with Crippen LogP contribution in [0.4, 0.5) is 4.39 Å². The van der Waals surface area contributed by atoms with E-state index in [1.807, 2.05) is 12.1 Å². The molecule has 1 fully saturated rings. The van der Waals surface area contributed by atoms with Crippen molar-refractivity contribution >= 4 is 0 Å². The third-order valence-electron chi connectivity index (χ3n) is 3.43. The molecule has 1 aliphatic heterocycles. The summed E-state index contributed by atoms with van der Waals surface area (Å²) in [5.74, 6) is 0.228. The SMILES string of the molecule is CC(C)C[C@H](c1cccnc1F)N1CCNCC1. The Labute approximate surface area is 108 Å². The van der Waals surface area contributed by atoms with Gasteiger partial charge >= 0.3 is 0 Å². The van der Waals surface area contributed by atoms with E-state index in [0.29, 0.717) is 5.92 Å². The molecule has 1 atom stereocenters. The second kappa shape index (κ2) is 6.25. The molecule has 3 nitrogen and oxygen atoms in total. The zero-order chi connectivity index (χ0) is 13.0. The van der Waals surface area contributed by atoms with Crippen molar-refractivity contribution in [1.29, 1.82) is 0 Å². The zero-order valence-electron chi connectivity index (χ0n) is 11.2. The lowest BCUT2D eigenvalue weighted by Crippen LogP contribution is -2.45. The van der Waals surface area contributed by atoms with E-state index in [1.54, 1.807) is 0 Å². The quantitative estimate of drug-likeness (QED) is 0.832. The molecule has 1 aromatic heterocycles. The van der Waals surface area contributed by atoms with E-state index in [2.05, 4.69) is 29.0 Å². The minimum absolute atomic E-state index is 0.154. The predicted molar refractivity (Wildman–Crippen MR) is 70.8 cm³/mol. The molecule has 2 rings (SSSR count). The number of piperazine rings is 1. The zero-order valence-corrected chi connectivity index (χ0v) is 11.2. The highest BCUT2D eigenvalue weighted by molar-refractivity contribution is 5.16. The largest absolute Gasteiger partial charge is 0.314 e. The summed E-state index contributed by atoms with van der Waals surface area (Å²) in [5, 5.41) is 3.34. The topological polar surface area (TPSA) is 28.2 Å². The van der Waals surface area contributed by atoms with Gasteiger partial charge in [-0.3, -0.25) is 4.90 Å². The number of hydrogen-bond donors (Lipinski definition) is 1. The van der Waals surface area contributed by atoms with Gasteiger partial charge in [0.1, 0.15) is 0 Å². The number of hydrogen-bond acceptors (Lipinski definition) is 3. The molecule has 4 heteroatoms. The normalized spacial score (nSPS) is 19.1. The van der Waals surface area contributed by atoms with E-state index in [1.165, 1.54) is 6.20 Å². The fourth-order valence-corrected chi connectivity index (χ4v) is 2.56. The van der Waals surface area contributed by atoms with E-state index in [-0.39, 0.29) is 12.0 Å². The second-order valence-electron chi connectivity index (χ2n) is 5.31. The van der Waals surface area contributed by atoms with Crippen molar-refractivity contribution in [2.45, 2.75) is 26.3 Å². The van der Waals surface area contributed by atoms with Crippen LogP contribution < -0.4 is 5.32 Å². The summed E-state index contributed by atoms with van der Waals surface area (Å²) >= 11 is 0. The summed E-state index contributed by atoms with van der Waals surface area (Å²) in [5.41, 5.74) is 0.744. The van der Waals surface area contributed by atoms with Crippen molar-refractivity contribution in [3.8, 4) is 0 Å². The van der Waals surface area contributed by atoms with E-state index in [0.717, 1.165) is 38.2 Å². The van der Waals surface area contributed by atoms with Crippen LogP contribution >= 0.6 is 0 Å². The highest BCUT2D eigenvalue weighted by Gasteiger charge is 2.25. The van der Waals surface area contributed by atoms with Gasteiger partial charge in [0, 0.05) is 44.0 Å². The second-order valence-corrected chi connectivity index (χ2v) is 5.31. The Morgan fingerprint density at radius 3 is 2.72 bits per heavy atom. The molecule has 0 unspecified atom stereocenters. The van der Waals surface area contributed by atoms with Crippen LogP contribution in [0.2, 0.25) is 0 Å². The summed E-state index contributed by atoms with van der Waals surface area (Å²) in [6, 6.07) is 3.85. The monoisotopic (exact) mass is 251 g/mol. The van der Waals surface area contributed by atoms with Crippen LogP contribution in [0.25, 0.3) is 0 Å². The van der Waals surface area contributed by atoms with Gasteiger partial charge in [-0.25, -0.2) is 4.98 Å². The Morgan fingerprint density at radius 2 is 2.11 bits per heavy atom. The summed E-state index contributed by atoms with van der Waals surface area (Å²) in [4.78, 5) is 6.16. The summed E-state index contributed by atoms with van der Waals surface area (Å²) in [7, 11) is 0. The van der Waals surface area contributed by atoms with E-state index in [9.17, 15) is 4.39 Å². The number of nitrogens with one attached hydrogen (secondary N) is 1. The average Bonchev–Trinajstić information content (AvgIpc) is 2.38. The number of rotatable bonds is 4. The molecule has 0 bridgehead atoms. The Bertz CT molecular complexity index is 375. The van der Waals surface area contributed by atoms with Crippen LogP contribution in [-0.4, -0.2) is 36.1 Å². The third kappa shape index (κ3) is 3.27. The van der Waals surface area contributed by atoms with Crippen LogP contribution in [0.3, 0.4) is 0 Å².